The largest absolute Gasteiger partial charge is 0.352 e. The molecular weight excluding hydrogens is 314 g/mol. The number of hydrogen-bond donors (Lipinski definition) is 1. The summed E-state index contributed by atoms with van der Waals surface area (Å²) in [6.07, 6.45) is 8.47. The number of tetrazole rings is 1. The topological polar surface area (TPSA) is 72.7 Å². The van der Waals surface area contributed by atoms with E-state index in [1.165, 1.54) is 23.9 Å². The van der Waals surface area contributed by atoms with Crippen LogP contribution in [0.15, 0.2) is 36.7 Å². The van der Waals surface area contributed by atoms with E-state index in [4.69, 9.17) is 11.6 Å². The molecule has 2 aromatic rings. The fourth-order valence-electron chi connectivity index (χ4n) is 3.56. The van der Waals surface area contributed by atoms with Crippen molar-refractivity contribution in [2.75, 3.05) is 6.54 Å². The number of allylic oxidation sites excluding steroid dienone is 2. The van der Waals surface area contributed by atoms with Crippen LogP contribution in [0.4, 0.5) is 0 Å². The molecule has 6 nitrogen and oxygen atoms in total. The summed E-state index contributed by atoms with van der Waals surface area (Å²) in [5.74, 6) is 1.70. The Kier molecular flexibility index (Phi) is 3.61. The Morgan fingerprint density at radius 1 is 1.35 bits per heavy atom. The van der Waals surface area contributed by atoms with Crippen molar-refractivity contribution in [2.45, 2.75) is 12.8 Å². The SMILES string of the molecule is O=C(NC[C@H]1C[C@H]2C=C[C@@H]1C2)c1cc(-n2cnnn2)ccc1Cl. The molecule has 23 heavy (non-hydrogen) atoms. The van der Waals surface area contributed by atoms with Gasteiger partial charge in [0.05, 0.1) is 16.3 Å². The van der Waals surface area contributed by atoms with Crippen molar-refractivity contribution in [3.05, 3.63) is 47.3 Å². The van der Waals surface area contributed by atoms with Crippen LogP contribution < -0.4 is 5.32 Å². The van der Waals surface area contributed by atoms with E-state index in [-0.39, 0.29) is 5.91 Å². The van der Waals surface area contributed by atoms with Gasteiger partial charge in [-0.05, 0) is 59.2 Å². The Labute approximate surface area is 138 Å². The zero-order valence-electron chi connectivity index (χ0n) is 12.4. The van der Waals surface area contributed by atoms with Crippen LogP contribution >= 0.6 is 11.6 Å². The molecule has 0 radical (unpaired) electrons. The van der Waals surface area contributed by atoms with Gasteiger partial charge in [-0.3, -0.25) is 4.79 Å². The normalized spacial score (nSPS) is 25.0. The lowest BCUT2D eigenvalue weighted by molar-refractivity contribution is 0.0945. The van der Waals surface area contributed by atoms with E-state index < -0.39 is 0 Å². The number of fused-ring (bicyclic) bond motifs is 2. The fourth-order valence-corrected chi connectivity index (χ4v) is 3.76. The van der Waals surface area contributed by atoms with E-state index in [2.05, 4.69) is 33.0 Å². The van der Waals surface area contributed by atoms with Gasteiger partial charge in [0, 0.05) is 6.54 Å². The van der Waals surface area contributed by atoms with Crippen LogP contribution in [0.3, 0.4) is 0 Å². The van der Waals surface area contributed by atoms with Crippen molar-refractivity contribution in [1.82, 2.24) is 25.5 Å². The van der Waals surface area contributed by atoms with E-state index >= 15 is 0 Å². The third kappa shape index (κ3) is 2.74. The molecule has 1 saturated carbocycles. The Bertz CT molecular complexity index is 758. The number of aromatic nitrogens is 4. The van der Waals surface area contributed by atoms with Gasteiger partial charge in [0.1, 0.15) is 6.33 Å². The smallest absolute Gasteiger partial charge is 0.252 e. The predicted octanol–water partition coefficient (Wildman–Crippen LogP) is 2.26. The minimum absolute atomic E-state index is 0.156. The molecule has 1 aromatic heterocycles. The summed E-state index contributed by atoms with van der Waals surface area (Å²) in [7, 11) is 0. The summed E-state index contributed by atoms with van der Waals surface area (Å²) in [6.45, 7) is 0.690. The van der Waals surface area contributed by atoms with Crippen LogP contribution in [0.1, 0.15) is 23.2 Å². The average molecular weight is 330 g/mol. The molecule has 2 aliphatic rings. The zero-order chi connectivity index (χ0) is 15.8. The monoisotopic (exact) mass is 329 g/mol. The van der Waals surface area contributed by atoms with Crippen LogP contribution in [0, 0.1) is 17.8 Å². The molecule has 1 amide bonds. The number of benzene rings is 1. The van der Waals surface area contributed by atoms with Crippen molar-refractivity contribution in [2.24, 2.45) is 17.8 Å². The molecule has 7 heteroatoms. The van der Waals surface area contributed by atoms with Crippen molar-refractivity contribution in [3.8, 4) is 5.69 Å². The third-order valence-electron chi connectivity index (χ3n) is 4.75. The molecule has 1 heterocycles. The van der Waals surface area contributed by atoms with E-state index in [0.717, 1.165) is 0 Å². The van der Waals surface area contributed by atoms with Gasteiger partial charge < -0.3 is 5.32 Å². The van der Waals surface area contributed by atoms with Crippen molar-refractivity contribution in [1.29, 1.82) is 0 Å². The molecule has 0 unspecified atom stereocenters. The average Bonchev–Trinajstić information content (AvgIpc) is 3.30. The standard InChI is InChI=1S/C16H16ClN5O/c17-15-4-3-13(22-9-19-20-21-22)7-14(15)16(23)18-8-12-6-10-1-2-11(12)5-10/h1-4,7,9-12H,5-6,8H2,(H,18,23)/t10-,11+,12+/m0/s1. The number of hydrogen-bond acceptors (Lipinski definition) is 4. The lowest BCUT2D eigenvalue weighted by Crippen LogP contribution is -2.31. The van der Waals surface area contributed by atoms with Gasteiger partial charge in [-0.1, -0.05) is 23.8 Å². The number of nitrogens with zero attached hydrogens (tertiary/aromatic N) is 4. The second kappa shape index (κ2) is 5.77. The fraction of sp³-hybridized carbons (Fsp3) is 0.375. The minimum Gasteiger partial charge on any atom is -0.352 e. The van der Waals surface area contributed by atoms with Crippen molar-refractivity contribution in [3.63, 3.8) is 0 Å². The minimum atomic E-state index is -0.156. The second-order valence-corrected chi connectivity index (χ2v) is 6.58. The first kappa shape index (κ1) is 14.4. The maximum absolute atomic E-state index is 12.5. The summed E-state index contributed by atoms with van der Waals surface area (Å²) >= 11 is 6.18. The molecule has 1 aromatic carbocycles. The zero-order valence-corrected chi connectivity index (χ0v) is 13.1. The highest BCUT2D eigenvalue weighted by atomic mass is 35.5. The number of rotatable bonds is 4. The van der Waals surface area contributed by atoms with Gasteiger partial charge in [0.25, 0.3) is 5.91 Å². The Hall–Kier alpha value is -2.21. The van der Waals surface area contributed by atoms with E-state index in [1.807, 2.05) is 0 Å². The number of carbonyl (C=O) groups is 1. The van der Waals surface area contributed by atoms with E-state index in [9.17, 15) is 4.79 Å². The summed E-state index contributed by atoms with van der Waals surface area (Å²) in [6, 6.07) is 5.17. The lowest BCUT2D eigenvalue weighted by atomic mass is 9.93. The number of carbonyl (C=O) groups excluding carboxylic acids is 1. The van der Waals surface area contributed by atoms with Crippen molar-refractivity contribution < 1.29 is 4.79 Å². The second-order valence-electron chi connectivity index (χ2n) is 6.17. The Morgan fingerprint density at radius 3 is 2.96 bits per heavy atom. The number of halogens is 1. The molecule has 2 aliphatic carbocycles. The van der Waals surface area contributed by atoms with Crippen molar-refractivity contribution >= 4 is 17.5 Å². The maximum Gasteiger partial charge on any atom is 0.252 e. The Morgan fingerprint density at radius 2 is 2.26 bits per heavy atom. The molecule has 1 N–H and O–H groups in total. The van der Waals surface area contributed by atoms with Gasteiger partial charge in [0.2, 0.25) is 0 Å². The molecule has 2 bridgehead atoms. The van der Waals surface area contributed by atoms with Gasteiger partial charge in [-0.25, -0.2) is 4.68 Å². The van der Waals surface area contributed by atoms with Gasteiger partial charge in [-0.15, -0.1) is 5.10 Å². The first-order chi connectivity index (χ1) is 11.2. The van der Waals surface area contributed by atoms with Crippen LogP contribution in [-0.2, 0) is 0 Å². The molecule has 1 fully saturated rings. The molecule has 0 aliphatic heterocycles. The quantitative estimate of drug-likeness (QED) is 0.873. The van der Waals surface area contributed by atoms with Crippen LogP contribution in [0.25, 0.3) is 5.69 Å². The van der Waals surface area contributed by atoms with Crippen LogP contribution in [0.5, 0.6) is 0 Å². The van der Waals surface area contributed by atoms with Gasteiger partial charge in [-0.2, -0.15) is 0 Å². The van der Waals surface area contributed by atoms with Crippen LogP contribution in [0.2, 0.25) is 5.02 Å². The highest BCUT2D eigenvalue weighted by Crippen LogP contribution is 2.42. The lowest BCUT2D eigenvalue weighted by Gasteiger charge is -2.18. The van der Waals surface area contributed by atoms with Gasteiger partial charge >= 0.3 is 0 Å². The van der Waals surface area contributed by atoms with E-state index in [1.54, 1.807) is 18.2 Å². The first-order valence-electron chi connectivity index (χ1n) is 7.70. The summed E-state index contributed by atoms with van der Waals surface area (Å²) < 4.78 is 1.49. The highest BCUT2D eigenvalue weighted by molar-refractivity contribution is 6.33. The van der Waals surface area contributed by atoms with E-state index in [0.29, 0.717) is 40.6 Å². The van der Waals surface area contributed by atoms with Crippen LogP contribution in [-0.4, -0.2) is 32.7 Å². The molecule has 0 spiro atoms. The molecular formula is C16H16ClN5O. The maximum atomic E-state index is 12.5. The Balaban J connectivity index is 1.47. The summed E-state index contributed by atoms with van der Waals surface area (Å²) in [5.41, 5.74) is 1.14. The number of nitrogens with one attached hydrogen (secondary N) is 1. The molecule has 3 atom stereocenters. The molecule has 4 rings (SSSR count). The third-order valence-corrected chi connectivity index (χ3v) is 5.08. The predicted molar refractivity (Wildman–Crippen MR) is 85.3 cm³/mol. The van der Waals surface area contributed by atoms with Gasteiger partial charge in [0.15, 0.2) is 0 Å². The summed E-state index contributed by atoms with van der Waals surface area (Å²) in [4.78, 5) is 12.5. The number of amides is 1. The molecule has 0 saturated heterocycles. The summed E-state index contributed by atoms with van der Waals surface area (Å²) in [5, 5.41) is 14.5. The highest BCUT2D eigenvalue weighted by Gasteiger charge is 2.35. The molecule has 118 valence electrons. The first-order valence-corrected chi connectivity index (χ1v) is 8.08.